The zero-order valence-electron chi connectivity index (χ0n) is 15.3. The fourth-order valence-corrected chi connectivity index (χ4v) is 3.13. The van der Waals surface area contributed by atoms with Gasteiger partial charge in [-0.2, -0.15) is 4.68 Å². The highest BCUT2D eigenvalue weighted by molar-refractivity contribution is 7.99. The van der Waals surface area contributed by atoms with E-state index < -0.39 is 0 Å². The Hall–Kier alpha value is -2.87. The van der Waals surface area contributed by atoms with Crippen LogP contribution in [0.5, 0.6) is 5.75 Å². The smallest absolute Gasteiger partial charge is 0.230 e. The van der Waals surface area contributed by atoms with Crippen LogP contribution >= 0.6 is 11.8 Å². The molecule has 1 N–H and O–H groups in total. The molecule has 0 saturated carbocycles. The lowest BCUT2D eigenvalue weighted by Gasteiger charge is -2.10. The number of benzene rings is 2. The number of ether oxygens (including phenoxy) is 1. The number of aryl methyl sites for hydroxylation is 1. The van der Waals surface area contributed by atoms with Gasteiger partial charge < -0.3 is 10.1 Å². The third-order valence-corrected chi connectivity index (χ3v) is 4.70. The van der Waals surface area contributed by atoms with Gasteiger partial charge in [-0.25, -0.2) is 0 Å². The Kier molecular flexibility index (Phi) is 6.43. The third kappa shape index (κ3) is 5.07. The van der Waals surface area contributed by atoms with E-state index in [1.807, 2.05) is 62.4 Å². The number of nitrogens with one attached hydrogen (secondary N) is 1. The van der Waals surface area contributed by atoms with E-state index in [-0.39, 0.29) is 11.7 Å². The summed E-state index contributed by atoms with van der Waals surface area (Å²) < 4.78 is 7.22. The van der Waals surface area contributed by atoms with Gasteiger partial charge in [0.05, 0.1) is 12.4 Å². The maximum absolute atomic E-state index is 12.2. The first-order valence-electron chi connectivity index (χ1n) is 8.63. The Morgan fingerprint density at radius 3 is 2.74 bits per heavy atom. The van der Waals surface area contributed by atoms with Gasteiger partial charge in [-0.1, -0.05) is 53.7 Å². The van der Waals surface area contributed by atoms with Crippen LogP contribution in [0.15, 0.2) is 53.7 Å². The molecule has 27 heavy (non-hydrogen) atoms. The van der Waals surface area contributed by atoms with Crippen LogP contribution in [0.1, 0.15) is 18.1 Å². The molecule has 0 fully saturated rings. The van der Waals surface area contributed by atoms with Crippen LogP contribution in [-0.2, 0) is 11.3 Å². The Labute approximate surface area is 162 Å². The van der Waals surface area contributed by atoms with Crippen molar-refractivity contribution in [1.29, 1.82) is 0 Å². The number of carbonyl (C=O) groups is 1. The summed E-state index contributed by atoms with van der Waals surface area (Å²) >= 11 is 1.28. The van der Waals surface area contributed by atoms with Crippen LogP contribution in [-0.4, -0.2) is 38.5 Å². The van der Waals surface area contributed by atoms with Crippen molar-refractivity contribution in [3.63, 3.8) is 0 Å². The number of nitrogens with zero attached hydrogens (tertiary/aromatic N) is 4. The monoisotopic (exact) mass is 383 g/mol. The normalized spacial score (nSPS) is 10.6. The molecule has 1 heterocycles. The minimum atomic E-state index is -0.0757. The van der Waals surface area contributed by atoms with Gasteiger partial charge in [0.2, 0.25) is 11.1 Å². The number of hydrogen-bond acceptors (Lipinski definition) is 6. The predicted molar refractivity (Wildman–Crippen MR) is 104 cm³/mol. The molecule has 0 bridgehead atoms. The second-order valence-corrected chi connectivity index (χ2v) is 6.77. The number of para-hydroxylation sites is 2. The van der Waals surface area contributed by atoms with E-state index in [0.717, 1.165) is 11.3 Å². The van der Waals surface area contributed by atoms with Crippen LogP contribution < -0.4 is 10.1 Å². The molecule has 0 unspecified atom stereocenters. The molecule has 0 aliphatic rings. The van der Waals surface area contributed by atoms with Crippen LogP contribution in [0, 0.1) is 6.92 Å². The first kappa shape index (κ1) is 18.9. The van der Waals surface area contributed by atoms with Crippen molar-refractivity contribution in [3.8, 4) is 11.4 Å². The van der Waals surface area contributed by atoms with Gasteiger partial charge >= 0.3 is 0 Å². The molecule has 1 aromatic heterocycles. The molecular formula is C19H21N5O2S. The van der Waals surface area contributed by atoms with Crippen molar-refractivity contribution >= 4 is 17.7 Å². The van der Waals surface area contributed by atoms with E-state index in [2.05, 4.69) is 20.8 Å². The van der Waals surface area contributed by atoms with Crippen molar-refractivity contribution in [2.45, 2.75) is 25.5 Å². The molecule has 3 aromatic rings. The quantitative estimate of drug-likeness (QED) is 0.603. The van der Waals surface area contributed by atoms with Crippen molar-refractivity contribution < 1.29 is 9.53 Å². The zero-order valence-corrected chi connectivity index (χ0v) is 16.1. The highest BCUT2D eigenvalue weighted by atomic mass is 32.2. The number of amides is 1. The van der Waals surface area contributed by atoms with E-state index in [9.17, 15) is 4.79 Å². The number of rotatable bonds is 8. The number of aromatic nitrogens is 4. The minimum Gasteiger partial charge on any atom is -0.492 e. The maximum Gasteiger partial charge on any atom is 0.230 e. The summed E-state index contributed by atoms with van der Waals surface area (Å²) in [6.07, 6.45) is 0. The number of hydrogen-bond donors (Lipinski definition) is 1. The van der Waals surface area contributed by atoms with Crippen LogP contribution in [0.3, 0.4) is 0 Å². The fraction of sp³-hybridized carbons (Fsp3) is 0.263. The molecule has 140 valence electrons. The van der Waals surface area contributed by atoms with Crippen molar-refractivity contribution in [2.24, 2.45) is 0 Å². The van der Waals surface area contributed by atoms with E-state index >= 15 is 0 Å². The standard InChI is InChI=1S/C19H21N5O2S/c1-3-26-17-7-5-4-6-16(17)24-19(21-22-23-24)27-13-18(25)20-12-15-10-8-14(2)9-11-15/h4-11H,3,12-13H2,1-2H3,(H,20,25). The molecule has 0 spiro atoms. The Balaban J connectivity index is 1.60. The minimum absolute atomic E-state index is 0.0757. The summed E-state index contributed by atoms with van der Waals surface area (Å²) in [4.78, 5) is 12.2. The second-order valence-electron chi connectivity index (χ2n) is 5.83. The van der Waals surface area contributed by atoms with E-state index in [4.69, 9.17) is 4.74 Å². The Morgan fingerprint density at radius 1 is 1.19 bits per heavy atom. The highest BCUT2D eigenvalue weighted by Gasteiger charge is 2.14. The number of thioether (sulfide) groups is 1. The van der Waals surface area contributed by atoms with Crippen molar-refractivity contribution in [1.82, 2.24) is 25.5 Å². The molecule has 0 radical (unpaired) electrons. The lowest BCUT2D eigenvalue weighted by atomic mass is 10.1. The largest absolute Gasteiger partial charge is 0.492 e. The van der Waals surface area contributed by atoms with E-state index in [0.29, 0.717) is 24.1 Å². The molecule has 0 aliphatic carbocycles. The Morgan fingerprint density at radius 2 is 1.96 bits per heavy atom. The van der Waals surface area contributed by atoms with Gasteiger partial charge in [-0.15, -0.1) is 5.10 Å². The fourth-order valence-electron chi connectivity index (χ4n) is 2.42. The van der Waals surface area contributed by atoms with Gasteiger partial charge in [0.1, 0.15) is 11.4 Å². The second kappa shape index (κ2) is 9.18. The zero-order chi connectivity index (χ0) is 19.1. The van der Waals surface area contributed by atoms with Gasteiger partial charge in [0.25, 0.3) is 0 Å². The molecular weight excluding hydrogens is 362 g/mol. The van der Waals surface area contributed by atoms with Gasteiger partial charge in [-0.05, 0) is 42.0 Å². The molecule has 0 saturated heterocycles. The lowest BCUT2D eigenvalue weighted by Crippen LogP contribution is -2.24. The SMILES string of the molecule is CCOc1ccccc1-n1nnnc1SCC(=O)NCc1ccc(C)cc1. The van der Waals surface area contributed by atoms with Crippen LogP contribution in [0.2, 0.25) is 0 Å². The van der Waals surface area contributed by atoms with Gasteiger partial charge in [0.15, 0.2) is 0 Å². The molecule has 0 atom stereocenters. The van der Waals surface area contributed by atoms with Crippen molar-refractivity contribution in [2.75, 3.05) is 12.4 Å². The molecule has 3 rings (SSSR count). The molecule has 0 aliphatic heterocycles. The topological polar surface area (TPSA) is 81.9 Å². The summed E-state index contributed by atoms with van der Waals surface area (Å²) in [6, 6.07) is 15.6. The third-order valence-electron chi connectivity index (χ3n) is 3.78. The highest BCUT2D eigenvalue weighted by Crippen LogP contribution is 2.25. The number of tetrazole rings is 1. The van der Waals surface area contributed by atoms with Crippen LogP contribution in [0.25, 0.3) is 5.69 Å². The van der Waals surface area contributed by atoms with E-state index in [1.54, 1.807) is 4.68 Å². The van der Waals surface area contributed by atoms with Gasteiger partial charge in [-0.3, -0.25) is 4.79 Å². The van der Waals surface area contributed by atoms with Crippen molar-refractivity contribution in [3.05, 3.63) is 59.7 Å². The molecule has 1 amide bonds. The molecule has 2 aromatic carbocycles. The molecule has 8 heteroatoms. The molecule has 7 nitrogen and oxygen atoms in total. The summed E-state index contributed by atoms with van der Waals surface area (Å²) in [6.45, 7) is 5.00. The Bertz CT molecular complexity index is 895. The summed E-state index contributed by atoms with van der Waals surface area (Å²) in [5.74, 6) is 0.842. The summed E-state index contributed by atoms with van der Waals surface area (Å²) in [7, 11) is 0. The van der Waals surface area contributed by atoms with Crippen LogP contribution in [0.4, 0.5) is 0 Å². The average molecular weight is 383 g/mol. The van der Waals surface area contributed by atoms with E-state index in [1.165, 1.54) is 17.3 Å². The predicted octanol–water partition coefficient (Wildman–Crippen LogP) is 2.78. The summed E-state index contributed by atoms with van der Waals surface area (Å²) in [5, 5.41) is 15.2. The average Bonchev–Trinajstić information content (AvgIpc) is 3.15. The maximum atomic E-state index is 12.2. The summed E-state index contributed by atoms with van der Waals surface area (Å²) in [5.41, 5.74) is 3.00. The lowest BCUT2D eigenvalue weighted by molar-refractivity contribution is -0.118. The first-order valence-corrected chi connectivity index (χ1v) is 9.61. The first-order chi connectivity index (χ1) is 13.2. The number of carbonyl (C=O) groups excluding carboxylic acids is 1. The van der Waals surface area contributed by atoms with Gasteiger partial charge in [0, 0.05) is 6.54 Å².